The molecule has 1 aliphatic carbocycles. The molecule has 0 N–H and O–H groups in total. The lowest BCUT2D eigenvalue weighted by atomic mass is 9.76. The first-order chi connectivity index (χ1) is 15.6. The normalized spacial score (nSPS) is 19.6. The summed E-state index contributed by atoms with van der Waals surface area (Å²) >= 11 is 0. The van der Waals surface area contributed by atoms with Crippen molar-refractivity contribution in [3.63, 3.8) is 0 Å². The van der Waals surface area contributed by atoms with Crippen molar-refractivity contribution in [1.29, 1.82) is 0 Å². The molecule has 0 radical (unpaired) electrons. The molecular formula is C29H30BNO2. The number of fused-ring (bicyclic) bond motifs is 5. The minimum atomic E-state index is -0.373. The molecule has 6 rings (SSSR count). The highest BCUT2D eigenvalue weighted by atomic mass is 16.7. The average Bonchev–Trinajstić information content (AvgIpc) is 3.32. The van der Waals surface area contributed by atoms with Gasteiger partial charge in [0, 0.05) is 22.1 Å². The first-order valence-corrected chi connectivity index (χ1v) is 11.8. The van der Waals surface area contributed by atoms with Gasteiger partial charge in [0.1, 0.15) is 0 Å². The molecule has 2 aliphatic rings. The minimum Gasteiger partial charge on any atom is -0.399 e. The molecule has 166 valence electrons. The third-order valence-corrected chi connectivity index (χ3v) is 8.01. The van der Waals surface area contributed by atoms with Crippen LogP contribution in [-0.4, -0.2) is 22.9 Å². The van der Waals surface area contributed by atoms with E-state index in [9.17, 15) is 0 Å². The molecule has 3 nitrogen and oxygen atoms in total. The van der Waals surface area contributed by atoms with Gasteiger partial charge in [-0.15, -0.1) is 0 Å². The van der Waals surface area contributed by atoms with Gasteiger partial charge in [0.05, 0.1) is 22.4 Å². The topological polar surface area (TPSA) is 23.4 Å². The van der Waals surface area contributed by atoms with E-state index in [2.05, 4.69) is 119 Å². The van der Waals surface area contributed by atoms with Gasteiger partial charge in [-0.1, -0.05) is 68.4 Å². The number of hydrogen-bond acceptors (Lipinski definition) is 2. The Hall–Kier alpha value is -2.82. The van der Waals surface area contributed by atoms with Gasteiger partial charge >= 0.3 is 7.12 Å². The van der Waals surface area contributed by atoms with Crippen LogP contribution in [0.3, 0.4) is 0 Å². The fourth-order valence-electron chi connectivity index (χ4n) is 5.54. The van der Waals surface area contributed by atoms with E-state index in [0.717, 1.165) is 5.46 Å². The predicted molar refractivity (Wildman–Crippen MR) is 137 cm³/mol. The number of nitrogens with zero attached hydrogens (tertiary/aromatic N) is 1. The van der Waals surface area contributed by atoms with Crippen molar-refractivity contribution < 1.29 is 9.31 Å². The Morgan fingerprint density at radius 1 is 0.727 bits per heavy atom. The van der Waals surface area contributed by atoms with Gasteiger partial charge in [-0.2, -0.15) is 0 Å². The van der Waals surface area contributed by atoms with E-state index in [4.69, 9.17) is 9.31 Å². The molecule has 2 heterocycles. The molecule has 0 unspecified atom stereocenters. The van der Waals surface area contributed by atoms with Gasteiger partial charge in [-0.05, 0) is 62.5 Å². The maximum absolute atomic E-state index is 6.39. The van der Waals surface area contributed by atoms with Crippen LogP contribution in [0.2, 0.25) is 0 Å². The smallest absolute Gasteiger partial charge is 0.399 e. The van der Waals surface area contributed by atoms with Crippen LogP contribution in [0.1, 0.15) is 52.7 Å². The van der Waals surface area contributed by atoms with Crippen LogP contribution < -0.4 is 5.46 Å². The zero-order valence-corrected chi connectivity index (χ0v) is 20.3. The summed E-state index contributed by atoms with van der Waals surface area (Å²) in [4.78, 5) is 0. The summed E-state index contributed by atoms with van der Waals surface area (Å²) in [5.74, 6) is 0. The molecule has 3 aromatic carbocycles. The molecule has 1 saturated heterocycles. The first kappa shape index (κ1) is 20.8. The molecule has 1 fully saturated rings. The molecule has 0 spiro atoms. The standard InChI is InChI=1S/C29H30BNO2/c1-27(2)23-17-16-19(30-32-28(3,4)29(5,6)33-30)18-22(23)26-25(27)21-14-10-11-15-24(21)31(26)20-12-8-7-9-13-20/h7-18H,1-6H3. The van der Waals surface area contributed by atoms with Gasteiger partial charge in [0.15, 0.2) is 0 Å². The maximum atomic E-state index is 6.39. The highest BCUT2D eigenvalue weighted by molar-refractivity contribution is 6.62. The summed E-state index contributed by atoms with van der Waals surface area (Å²) in [6, 6.07) is 26.2. The minimum absolute atomic E-state index is 0.0985. The molecule has 33 heavy (non-hydrogen) atoms. The van der Waals surface area contributed by atoms with Crippen LogP contribution in [-0.2, 0) is 14.7 Å². The van der Waals surface area contributed by atoms with Crippen LogP contribution in [0.5, 0.6) is 0 Å². The monoisotopic (exact) mass is 435 g/mol. The van der Waals surface area contributed by atoms with E-state index in [1.807, 2.05) is 0 Å². The number of aromatic nitrogens is 1. The predicted octanol–water partition coefficient (Wildman–Crippen LogP) is 6.24. The van der Waals surface area contributed by atoms with Crippen LogP contribution in [0, 0.1) is 0 Å². The van der Waals surface area contributed by atoms with Crippen molar-refractivity contribution in [2.45, 2.75) is 58.2 Å². The first-order valence-electron chi connectivity index (χ1n) is 11.8. The highest BCUT2D eigenvalue weighted by Crippen LogP contribution is 2.53. The van der Waals surface area contributed by atoms with Gasteiger partial charge in [-0.3, -0.25) is 0 Å². The van der Waals surface area contributed by atoms with Gasteiger partial charge < -0.3 is 13.9 Å². The van der Waals surface area contributed by atoms with Gasteiger partial charge in [0.2, 0.25) is 0 Å². The van der Waals surface area contributed by atoms with Crippen molar-refractivity contribution >= 4 is 23.5 Å². The van der Waals surface area contributed by atoms with E-state index in [0.29, 0.717) is 0 Å². The lowest BCUT2D eigenvalue weighted by Crippen LogP contribution is -2.41. The third-order valence-electron chi connectivity index (χ3n) is 8.01. The fourth-order valence-corrected chi connectivity index (χ4v) is 5.54. The second-order valence-corrected chi connectivity index (χ2v) is 10.9. The van der Waals surface area contributed by atoms with Crippen LogP contribution in [0.25, 0.3) is 27.8 Å². The SMILES string of the molecule is CC1(C)c2ccc(B3OC(C)(C)C(C)(C)O3)cc2-c2c1c1ccccc1n2-c1ccccc1. The Morgan fingerprint density at radius 3 is 2.06 bits per heavy atom. The van der Waals surface area contributed by atoms with Crippen molar-refractivity contribution in [1.82, 2.24) is 4.57 Å². The van der Waals surface area contributed by atoms with Gasteiger partial charge in [-0.25, -0.2) is 0 Å². The van der Waals surface area contributed by atoms with Crippen LogP contribution in [0.15, 0.2) is 72.8 Å². The number of rotatable bonds is 2. The molecule has 0 saturated carbocycles. The molecule has 4 heteroatoms. The van der Waals surface area contributed by atoms with Gasteiger partial charge in [0.25, 0.3) is 0 Å². The fraction of sp³-hybridized carbons (Fsp3) is 0.310. The summed E-state index contributed by atoms with van der Waals surface area (Å²) in [5, 5.41) is 1.31. The largest absolute Gasteiger partial charge is 0.494 e. The van der Waals surface area contributed by atoms with E-state index < -0.39 is 0 Å². The van der Waals surface area contributed by atoms with Crippen molar-refractivity contribution in [3.05, 3.63) is 83.9 Å². The summed E-state index contributed by atoms with van der Waals surface area (Å²) in [6.45, 7) is 13.1. The summed E-state index contributed by atoms with van der Waals surface area (Å²) in [6.07, 6.45) is 0. The highest BCUT2D eigenvalue weighted by Gasteiger charge is 2.52. The van der Waals surface area contributed by atoms with Crippen molar-refractivity contribution in [3.8, 4) is 16.9 Å². The Balaban J connectivity index is 1.61. The maximum Gasteiger partial charge on any atom is 0.494 e. The molecule has 0 bridgehead atoms. The van der Waals surface area contributed by atoms with Crippen LogP contribution in [0.4, 0.5) is 0 Å². The molecule has 0 amide bonds. The number of benzene rings is 3. The zero-order chi connectivity index (χ0) is 23.2. The lowest BCUT2D eigenvalue weighted by molar-refractivity contribution is 0.00578. The van der Waals surface area contributed by atoms with E-state index in [1.54, 1.807) is 0 Å². The number of hydrogen-bond donors (Lipinski definition) is 0. The second kappa shape index (κ2) is 6.62. The molecule has 4 aromatic rings. The summed E-state index contributed by atoms with van der Waals surface area (Å²) < 4.78 is 15.2. The van der Waals surface area contributed by atoms with E-state index in [-0.39, 0.29) is 23.7 Å². The Labute approximate surface area is 196 Å². The molecular weight excluding hydrogens is 405 g/mol. The van der Waals surface area contributed by atoms with E-state index >= 15 is 0 Å². The molecule has 1 aromatic heterocycles. The van der Waals surface area contributed by atoms with Crippen molar-refractivity contribution in [2.24, 2.45) is 0 Å². The number of para-hydroxylation sites is 2. The molecule has 0 atom stereocenters. The summed E-state index contributed by atoms with van der Waals surface area (Å²) in [7, 11) is -0.373. The van der Waals surface area contributed by atoms with E-state index in [1.165, 1.54) is 39.0 Å². The van der Waals surface area contributed by atoms with Crippen molar-refractivity contribution in [2.75, 3.05) is 0 Å². The summed E-state index contributed by atoms with van der Waals surface area (Å²) in [5.41, 5.74) is 7.96. The quantitative estimate of drug-likeness (QED) is 0.348. The Bertz CT molecular complexity index is 1380. The average molecular weight is 435 g/mol. The van der Waals surface area contributed by atoms with Crippen LogP contribution >= 0.6 is 0 Å². The third kappa shape index (κ3) is 2.77. The second-order valence-electron chi connectivity index (χ2n) is 10.9. The Morgan fingerprint density at radius 2 is 1.36 bits per heavy atom. The molecule has 1 aliphatic heterocycles. The zero-order valence-electron chi connectivity index (χ0n) is 20.3. The lowest BCUT2D eigenvalue weighted by Gasteiger charge is -2.32. The Kier molecular flexibility index (Phi) is 4.17.